The van der Waals surface area contributed by atoms with Crippen LogP contribution in [0.4, 0.5) is 0 Å². The summed E-state index contributed by atoms with van der Waals surface area (Å²) in [6.45, 7) is 13.5. The fourth-order valence-corrected chi connectivity index (χ4v) is 23.0. The summed E-state index contributed by atoms with van der Waals surface area (Å²) in [5.41, 5.74) is 7.61. The van der Waals surface area contributed by atoms with Crippen LogP contribution in [-0.2, 0) is 23.8 Å². The number of hydrogen-bond donors (Lipinski definition) is 0. The number of halogens is 2. The molecule has 32 heavy (non-hydrogen) atoms. The number of rotatable bonds is 2. The van der Waals surface area contributed by atoms with Crippen LogP contribution in [0.15, 0.2) is 60.7 Å². The van der Waals surface area contributed by atoms with Gasteiger partial charge in [-0.1, -0.05) is 0 Å². The van der Waals surface area contributed by atoms with Gasteiger partial charge >= 0.3 is 197 Å². The number of allylic oxidation sites excluding steroid dienone is 4. The molecule has 0 unspecified atom stereocenters. The first-order valence-electron chi connectivity index (χ1n) is 11.8. The summed E-state index contributed by atoms with van der Waals surface area (Å²) in [4.78, 5) is 0. The molecule has 0 amide bonds. The van der Waals surface area contributed by atoms with E-state index in [0.29, 0.717) is 0 Å². The molecule has 0 fully saturated rings. The number of hydrogen-bond acceptors (Lipinski definition) is 0. The predicted molar refractivity (Wildman–Crippen MR) is 144 cm³/mol. The van der Waals surface area contributed by atoms with E-state index in [0.717, 1.165) is 0 Å². The van der Waals surface area contributed by atoms with Crippen molar-refractivity contribution in [3.05, 3.63) is 83.0 Å². The zero-order valence-corrected chi connectivity index (χ0v) is 24.9. The summed E-state index contributed by atoms with van der Waals surface area (Å²) in [5, 5.41) is 0. The summed E-state index contributed by atoms with van der Waals surface area (Å²) in [7, 11) is 16.1. The Balaban J connectivity index is 2.15. The van der Waals surface area contributed by atoms with Crippen molar-refractivity contribution in [2.75, 3.05) is 0 Å². The van der Waals surface area contributed by atoms with Crippen LogP contribution in [0, 0.1) is 0 Å². The van der Waals surface area contributed by atoms with Gasteiger partial charge in [-0.05, 0) is 0 Å². The second kappa shape index (κ2) is 5.90. The van der Waals surface area contributed by atoms with E-state index >= 15 is 0 Å². The Bertz CT molecular complexity index is 1240. The summed E-state index contributed by atoms with van der Waals surface area (Å²) in [6.07, 6.45) is 8.45. The van der Waals surface area contributed by atoms with E-state index in [1.807, 2.05) is 0 Å². The molecule has 0 heterocycles. The Morgan fingerprint density at radius 3 is 1.44 bits per heavy atom. The molecule has 2 aromatic carbocycles. The summed E-state index contributed by atoms with van der Waals surface area (Å²) in [6, 6.07) is 13.8. The first kappa shape index (κ1) is 24.4. The van der Waals surface area contributed by atoms with Crippen LogP contribution in [0.1, 0.15) is 67.4 Å². The summed E-state index contributed by atoms with van der Waals surface area (Å²) < 4.78 is 8.95. The van der Waals surface area contributed by atoms with Gasteiger partial charge in [-0.2, -0.15) is 0 Å². The van der Waals surface area contributed by atoms with E-state index in [2.05, 4.69) is 112 Å². The molecule has 0 spiro atoms. The molecule has 0 radical (unpaired) electrons. The molecule has 2 aliphatic rings. The van der Waals surface area contributed by atoms with Crippen LogP contribution in [0.3, 0.4) is 0 Å². The normalized spacial score (nSPS) is 20.4. The van der Waals surface area contributed by atoms with Gasteiger partial charge in [0.25, 0.3) is 0 Å². The zero-order chi connectivity index (χ0) is 24.1. The number of benzene rings is 2. The van der Waals surface area contributed by atoms with Crippen LogP contribution in [-0.4, -0.2) is 4.21 Å². The minimum atomic E-state index is -5.79. The van der Waals surface area contributed by atoms with E-state index in [9.17, 15) is 0 Å². The molecule has 0 aromatic heterocycles. The molecule has 0 bridgehead atoms. The molecule has 172 valence electrons. The van der Waals surface area contributed by atoms with Gasteiger partial charge in [0.1, 0.15) is 0 Å². The third kappa shape index (κ3) is 3.63. The van der Waals surface area contributed by atoms with Crippen LogP contribution in [0.25, 0.3) is 11.1 Å². The maximum absolute atomic E-state index is 8.05. The van der Waals surface area contributed by atoms with Gasteiger partial charge in [-0.3, -0.25) is 0 Å². The molecule has 0 saturated carbocycles. The molecule has 2 aliphatic carbocycles. The van der Waals surface area contributed by atoms with Crippen molar-refractivity contribution in [1.82, 2.24) is 0 Å². The van der Waals surface area contributed by atoms with Crippen molar-refractivity contribution < 1.29 is 12.9 Å². The molecular formula is C29H38Cl2Zr. The average molecular weight is 549 g/mol. The molecular weight excluding hydrogens is 510 g/mol. The Labute approximate surface area is 195 Å². The molecule has 3 heteroatoms. The fourth-order valence-electron chi connectivity index (χ4n) is 5.85. The third-order valence-electron chi connectivity index (χ3n) is 8.01. The fraction of sp³-hybridized carbons (Fsp3) is 0.414. The van der Waals surface area contributed by atoms with E-state index in [-0.39, 0.29) is 18.1 Å². The van der Waals surface area contributed by atoms with Gasteiger partial charge in [0.05, 0.1) is 0 Å². The van der Waals surface area contributed by atoms with E-state index in [1.165, 1.54) is 33.4 Å². The van der Waals surface area contributed by atoms with Crippen molar-refractivity contribution in [2.24, 2.45) is 0 Å². The Morgan fingerprint density at radius 2 is 1.09 bits per heavy atom. The van der Waals surface area contributed by atoms with Crippen molar-refractivity contribution in [3.63, 3.8) is 0 Å². The van der Waals surface area contributed by atoms with Gasteiger partial charge in [0, 0.05) is 0 Å². The van der Waals surface area contributed by atoms with Gasteiger partial charge in [0.2, 0.25) is 0 Å². The second-order valence-electron chi connectivity index (χ2n) is 14.3. The maximum atomic E-state index is 8.05. The van der Waals surface area contributed by atoms with E-state index in [1.54, 1.807) is 0 Å². The van der Waals surface area contributed by atoms with Crippen molar-refractivity contribution >= 4 is 21.2 Å². The Kier molecular flexibility index (Phi) is 4.49. The molecule has 4 rings (SSSR count). The molecule has 0 aliphatic heterocycles. The predicted octanol–water partition coefficient (Wildman–Crippen LogP) is 9.86. The third-order valence-corrected chi connectivity index (χ3v) is 28.4. The molecule has 0 nitrogen and oxygen atoms in total. The van der Waals surface area contributed by atoms with Crippen LogP contribution in [0.5, 0.6) is 0 Å². The van der Waals surface area contributed by atoms with Crippen LogP contribution >= 0.6 is 17.0 Å². The van der Waals surface area contributed by atoms with Crippen LogP contribution in [0.2, 0.25) is 12.9 Å². The summed E-state index contributed by atoms with van der Waals surface area (Å²) >= 11 is -5.79. The van der Waals surface area contributed by atoms with Crippen molar-refractivity contribution in [1.29, 1.82) is 0 Å². The first-order chi connectivity index (χ1) is 14.2. The zero-order valence-electron chi connectivity index (χ0n) is 20.9. The van der Waals surface area contributed by atoms with Gasteiger partial charge in [-0.15, -0.1) is 0 Å². The SMILES string of the molecule is [CH2]=[Zr]([CH3])([CH3])([Cl])([Cl])([CH]1C=CC=C1)[CH]1c2cc(C(C)(C)C)ccc2-c2ccc(C(C)(C)C)cc21. The monoisotopic (exact) mass is 546 g/mol. The Hall–Kier alpha value is -0.747. The van der Waals surface area contributed by atoms with Gasteiger partial charge in [0.15, 0.2) is 0 Å². The minimum absolute atomic E-state index is 0.0307. The molecule has 0 N–H and O–H groups in total. The second-order valence-corrected chi connectivity index (χ2v) is 60.0. The average Bonchev–Trinajstić information content (AvgIpc) is 3.25. The van der Waals surface area contributed by atoms with Gasteiger partial charge < -0.3 is 0 Å². The van der Waals surface area contributed by atoms with Crippen molar-refractivity contribution in [3.8, 4) is 11.1 Å². The van der Waals surface area contributed by atoms with Crippen LogP contribution < -0.4 is 0 Å². The number of fused-ring (bicyclic) bond motifs is 3. The topological polar surface area (TPSA) is 0 Å². The summed E-state index contributed by atoms with van der Waals surface area (Å²) in [5.74, 6) is 0. The first-order valence-corrected chi connectivity index (χ1v) is 27.6. The molecule has 0 atom stereocenters. The molecule has 0 saturated heterocycles. The van der Waals surface area contributed by atoms with E-state index < -0.39 is 12.9 Å². The standard InChI is InChI=1S/C21H25.C5H5.2CH3.CH2.2ClH.Zr/c1-20(2,3)16-7-9-18-14(12-16)11-15-13-17(21(4,5)6)8-10-19(15)18;1-2-4-5-3-1;;;;;;/h7-13H,1-6H3;1-5H;2*1H3;1H2;2*1H;/q;;;;;;;+2/p-2. The Morgan fingerprint density at radius 1 is 0.719 bits per heavy atom. The van der Waals surface area contributed by atoms with E-state index in [4.69, 9.17) is 21.2 Å². The molecule has 2 aromatic rings. The van der Waals surface area contributed by atoms with Crippen molar-refractivity contribution in [2.45, 2.75) is 68.9 Å². The quantitative estimate of drug-likeness (QED) is 0.350. The van der Waals surface area contributed by atoms with Gasteiger partial charge in [-0.25, -0.2) is 0 Å².